The van der Waals surface area contributed by atoms with Crippen LogP contribution in [0.2, 0.25) is 0 Å². The van der Waals surface area contributed by atoms with Crippen LogP contribution in [0.5, 0.6) is 0 Å². The predicted octanol–water partition coefficient (Wildman–Crippen LogP) is 2.32. The Morgan fingerprint density at radius 3 is 2.08 bits per heavy atom. The Balaban J connectivity index is 1.55. The molecule has 0 bridgehead atoms. The maximum absolute atomic E-state index is 13.0. The van der Waals surface area contributed by atoms with Crippen LogP contribution in [0.4, 0.5) is 0 Å². The second-order valence-corrected chi connectivity index (χ2v) is 8.20. The molecular formula is C20H27NO5. The van der Waals surface area contributed by atoms with Crippen molar-refractivity contribution in [3.05, 3.63) is 35.9 Å². The number of hydrogen-bond acceptors (Lipinski definition) is 5. The standard InChI is InChI=1S/C20H27NO5/c1-19(2)23-11-14(25-19)16-17(15-12-24-20(3,4)26-15)21(18(16)22)10-13-8-6-5-7-9-13/h5-9,14-17H,10-12H2,1-4H3/t14-,15-,16-,17+/m1/s1. The molecule has 3 heterocycles. The number of carbonyl (C=O) groups excluding carboxylic acids is 1. The van der Waals surface area contributed by atoms with E-state index in [4.69, 9.17) is 18.9 Å². The quantitative estimate of drug-likeness (QED) is 0.771. The number of benzene rings is 1. The van der Waals surface area contributed by atoms with E-state index in [0.29, 0.717) is 19.8 Å². The van der Waals surface area contributed by atoms with Gasteiger partial charge in [-0.15, -0.1) is 0 Å². The van der Waals surface area contributed by atoms with E-state index in [0.717, 1.165) is 5.56 Å². The zero-order chi connectivity index (χ0) is 18.5. The lowest BCUT2D eigenvalue weighted by Gasteiger charge is -2.51. The van der Waals surface area contributed by atoms with Gasteiger partial charge in [-0.05, 0) is 33.3 Å². The van der Waals surface area contributed by atoms with Crippen LogP contribution >= 0.6 is 0 Å². The summed E-state index contributed by atoms with van der Waals surface area (Å²) in [6.07, 6.45) is -0.412. The van der Waals surface area contributed by atoms with Crippen LogP contribution in [0.25, 0.3) is 0 Å². The molecule has 6 nitrogen and oxygen atoms in total. The van der Waals surface area contributed by atoms with Crippen LogP contribution in [0.3, 0.4) is 0 Å². The van der Waals surface area contributed by atoms with Crippen molar-refractivity contribution in [1.29, 1.82) is 0 Å². The first-order chi connectivity index (χ1) is 12.3. The third-order valence-corrected chi connectivity index (χ3v) is 5.33. The molecule has 3 aliphatic heterocycles. The largest absolute Gasteiger partial charge is 0.348 e. The first-order valence-electron chi connectivity index (χ1n) is 9.24. The van der Waals surface area contributed by atoms with Crippen molar-refractivity contribution in [2.45, 2.75) is 64.1 Å². The minimum atomic E-state index is -0.651. The Kier molecular flexibility index (Phi) is 4.34. The van der Waals surface area contributed by atoms with Gasteiger partial charge in [0.15, 0.2) is 11.6 Å². The zero-order valence-corrected chi connectivity index (χ0v) is 15.8. The second kappa shape index (κ2) is 6.30. The summed E-state index contributed by atoms with van der Waals surface area (Å²) >= 11 is 0. The van der Waals surface area contributed by atoms with E-state index in [1.807, 2.05) is 62.9 Å². The molecule has 0 radical (unpaired) electrons. The van der Waals surface area contributed by atoms with E-state index in [-0.39, 0.29) is 30.1 Å². The number of hydrogen-bond donors (Lipinski definition) is 0. The molecule has 0 unspecified atom stereocenters. The molecular weight excluding hydrogens is 334 g/mol. The maximum atomic E-state index is 13.0. The molecule has 3 fully saturated rings. The summed E-state index contributed by atoms with van der Waals surface area (Å²) in [7, 11) is 0. The van der Waals surface area contributed by atoms with Gasteiger partial charge in [0, 0.05) is 6.54 Å². The van der Waals surface area contributed by atoms with Gasteiger partial charge in [0.25, 0.3) is 0 Å². The van der Waals surface area contributed by atoms with Gasteiger partial charge >= 0.3 is 0 Å². The van der Waals surface area contributed by atoms with E-state index in [1.54, 1.807) is 0 Å². The first kappa shape index (κ1) is 17.9. The molecule has 0 aromatic heterocycles. The lowest BCUT2D eigenvalue weighted by Crippen LogP contribution is -2.69. The third kappa shape index (κ3) is 3.27. The minimum absolute atomic E-state index is 0.0769. The fourth-order valence-electron chi connectivity index (χ4n) is 4.15. The van der Waals surface area contributed by atoms with Crippen LogP contribution < -0.4 is 0 Å². The van der Waals surface area contributed by atoms with E-state index in [9.17, 15) is 4.79 Å². The number of ether oxygens (including phenoxy) is 4. The Morgan fingerprint density at radius 2 is 1.54 bits per heavy atom. The highest BCUT2D eigenvalue weighted by molar-refractivity contribution is 5.87. The predicted molar refractivity (Wildman–Crippen MR) is 94.1 cm³/mol. The SMILES string of the molecule is CC1(C)OC[C@H]([C@H]2C(=O)N(Cc3ccccc3)[C@H]2[C@H]2COC(C)(C)O2)O1. The summed E-state index contributed by atoms with van der Waals surface area (Å²) in [6.45, 7) is 9.04. The molecule has 0 spiro atoms. The van der Waals surface area contributed by atoms with Crippen molar-refractivity contribution in [2.75, 3.05) is 13.2 Å². The Morgan fingerprint density at radius 1 is 0.962 bits per heavy atom. The first-order valence-corrected chi connectivity index (χ1v) is 9.24. The van der Waals surface area contributed by atoms with E-state index < -0.39 is 11.6 Å². The van der Waals surface area contributed by atoms with Gasteiger partial charge in [-0.25, -0.2) is 0 Å². The van der Waals surface area contributed by atoms with E-state index >= 15 is 0 Å². The van der Waals surface area contributed by atoms with Gasteiger partial charge in [0.1, 0.15) is 6.10 Å². The zero-order valence-electron chi connectivity index (χ0n) is 15.8. The van der Waals surface area contributed by atoms with Crippen LogP contribution in [-0.4, -0.2) is 53.8 Å². The molecule has 1 aromatic rings. The molecule has 0 aliphatic carbocycles. The van der Waals surface area contributed by atoms with Gasteiger partial charge in [-0.2, -0.15) is 0 Å². The van der Waals surface area contributed by atoms with Crippen LogP contribution in [-0.2, 0) is 30.3 Å². The van der Waals surface area contributed by atoms with Crippen molar-refractivity contribution in [3.8, 4) is 0 Å². The molecule has 3 aliphatic rings. The lowest BCUT2D eigenvalue weighted by molar-refractivity contribution is -0.198. The Bertz CT molecular complexity index is 674. The molecule has 0 N–H and O–H groups in total. The smallest absolute Gasteiger partial charge is 0.231 e. The molecule has 6 heteroatoms. The average Bonchev–Trinajstić information content (AvgIpc) is 3.12. The maximum Gasteiger partial charge on any atom is 0.231 e. The topological polar surface area (TPSA) is 57.2 Å². The highest BCUT2D eigenvalue weighted by Gasteiger charge is 2.59. The highest BCUT2D eigenvalue weighted by Crippen LogP contribution is 2.42. The van der Waals surface area contributed by atoms with Gasteiger partial charge in [-0.3, -0.25) is 4.79 Å². The summed E-state index contributed by atoms with van der Waals surface area (Å²) in [4.78, 5) is 14.9. The van der Waals surface area contributed by atoms with Gasteiger partial charge in [0.05, 0.1) is 31.3 Å². The summed E-state index contributed by atoms with van der Waals surface area (Å²) in [5.41, 5.74) is 1.10. The number of rotatable bonds is 4. The fourth-order valence-corrected chi connectivity index (χ4v) is 4.15. The Hall–Kier alpha value is -1.47. The normalized spacial score (nSPS) is 35.5. The molecule has 4 atom stereocenters. The van der Waals surface area contributed by atoms with Gasteiger partial charge < -0.3 is 23.8 Å². The van der Waals surface area contributed by atoms with E-state index in [1.165, 1.54) is 0 Å². The average molecular weight is 361 g/mol. The Labute approximate surface area is 154 Å². The number of nitrogens with zero attached hydrogens (tertiary/aromatic N) is 1. The monoisotopic (exact) mass is 361 g/mol. The van der Waals surface area contributed by atoms with Gasteiger partial charge in [-0.1, -0.05) is 30.3 Å². The van der Waals surface area contributed by atoms with Crippen molar-refractivity contribution >= 4 is 5.91 Å². The van der Waals surface area contributed by atoms with Crippen LogP contribution in [0.15, 0.2) is 30.3 Å². The molecule has 0 saturated carbocycles. The number of likely N-dealkylation sites (tertiary alicyclic amines) is 1. The molecule has 26 heavy (non-hydrogen) atoms. The third-order valence-electron chi connectivity index (χ3n) is 5.33. The lowest BCUT2D eigenvalue weighted by atomic mass is 9.79. The van der Waals surface area contributed by atoms with Crippen LogP contribution in [0.1, 0.15) is 33.3 Å². The summed E-state index contributed by atoms with van der Waals surface area (Å²) in [6, 6.07) is 9.94. The highest BCUT2D eigenvalue weighted by atomic mass is 16.8. The van der Waals surface area contributed by atoms with Crippen molar-refractivity contribution in [2.24, 2.45) is 5.92 Å². The summed E-state index contributed by atoms with van der Waals surface area (Å²) in [5, 5.41) is 0. The number of β-lactam (4-membered cyclic amide) rings is 1. The summed E-state index contributed by atoms with van der Waals surface area (Å²) in [5.74, 6) is -1.44. The molecule has 142 valence electrons. The molecule has 4 rings (SSSR count). The van der Waals surface area contributed by atoms with Crippen molar-refractivity contribution in [3.63, 3.8) is 0 Å². The van der Waals surface area contributed by atoms with E-state index in [2.05, 4.69) is 0 Å². The van der Waals surface area contributed by atoms with Gasteiger partial charge in [0.2, 0.25) is 5.91 Å². The van der Waals surface area contributed by atoms with Crippen LogP contribution in [0, 0.1) is 5.92 Å². The second-order valence-electron chi connectivity index (χ2n) is 8.20. The van der Waals surface area contributed by atoms with Crippen molar-refractivity contribution < 1.29 is 23.7 Å². The minimum Gasteiger partial charge on any atom is -0.348 e. The molecule has 1 aromatic carbocycles. The summed E-state index contributed by atoms with van der Waals surface area (Å²) < 4.78 is 23.6. The van der Waals surface area contributed by atoms with Crippen molar-refractivity contribution in [1.82, 2.24) is 4.90 Å². The fraction of sp³-hybridized carbons (Fsp3) is 0.650. The number of amides is 1. The molecule has 3 saturated heterocycles. The number of carbonyl (C=O) groups is 1. The molecule has 1 amide bonds.